The third kappa shape index (κ3) is 3.85. The van der Waals surface area contributed by atoms with E-state index in [2.05, 4.69) is 10.3 Å². The van der Waals surface area contributed by atoms with Gasteiger partial charge in [0.15, 0.2) is 9.92 Å². The Kier molecular flexibility index (Phi) is 5.12. The van der Waals surface area contributed by atoms with Crippen LogP contribution in [0.5, 0.6) is 5.75 Å². The number of anilines is 1. The van der Waals surface area contributed by atoms with E-state index >= 15 is 0 Å². The third-order valence-electron chi connectivity index (χ3n) is 5.55. The number of carbonyl (C=O) groups is 1. The number of rotatable bonds is 6. The average Bonchev–Trinajstić information content (AvgIpc) is 3.61. The number of carbonyl (C=O) groups excluding carboxylic acids is 1. The highest BCUT2D eigenvalue weighted by Gasteiger charge is 2.14. The van der Waals surface area contributed by atoms with Gasteiger partial charge in [-0.15, -0.1) is 22.7 Å². The lowest BCUT2D eigenvalue weighted by Crippen LogP contribution is -2.15. The lowest BCUT2D eigenvalue weighted by atomic mass is 10.1. The Balaban J connectivity index is 1.19. The molecule has 168 valence electrons. The van der Waals surface area contributed by atoms with Gasteiger partial charge in [0.2, 0.25) is 5.91 Å². The second kappa shape index (κ2) is 8.44. The van der Waals surface area contributed by atoms with E-state index in [9.17, 15) is 4.79 Å². The lowest BCUT2D eigenvalue weighted by Gasteiger charge is -2.06. The van der Waals surface area contributed by atoms with E-state index in [1.54, 1.807) is 18.4 Å². The summed E-state index contributed by atoms with van der Waals surface area (Å²) in [7, 11) is 1.65. The number of aromatic nitrogens is 4. The Hall–Kier alpha value is -3.95. The number of hydrogen-bond donors (Lipinski definition) is 1. The summed E-state index contributed by atoms with van der Waals surface area (Å²) in [5.41, 5.74) is 5.36. The number of nitrogens with one attached hydrogen (secondary N) is 1. The molecular formula is C25H19N5O2S2. The van der Waals surface area contributed by atoms with Gasteiger partial charge in [0, 0.05) is 51.9 Å². The fourth-order valence-corrected chi connectivity index (χ4v) is 5.42. The molecule has 0 aliphatic heterocycles. The number of imidazole rings is 2. The molecule has 0 fully saturated rings. The summed E-state index contributed by atoms with van der Waals surface area (Å²) in [6.45, 7) is 0. The van der Waals surface area contributed by atoms with Gasteiger partial charge in [-0.1, -0.05) is 12.1 Å². The number of hydrogen-bond acceptors (Lipinski definition) is 6. The third-order valence-corrected chi connectivity index (χ3v) is 7.21. The number of amides is 1. The molecule has 1 N–H and O–H groups in total. The molecule has 0 spiro atoms. The monoisotopic (exact) mass is 485 g/mol. The molecule has 7 nitrogen and oxygen atoms in total. The van der Waals surface area contributed by atoms with Crippen molar-refractivity contribution in [2.75, 3.05) is 12.4 Å². The number of thiazole rings is 2. The Morgan fingerprint density at radius 2 is 1.82 bits per heavy atom. The van der Waals surface area contributed by atoms with Crippen LogP contribution in [0.3, 0.4) is 0 Å². The summed E-state index contributed by atoms with van der Waals surface area (Å²) in [4.78, 5) is 24.0. The molecule has 6 aromatic rings. The largest absolute Gasteiger partial charge is 0.497 e. The van der Waals surface area contributed by atoms with E-state index in [0.717, 1.165) is 49.6 Å². The van der Waals surface area contributed by atoms with Gasteiger partial charge in [0.1, 0.15) is 5.75 Å². The van der Waals surface area contributed by atoms with Crippen LogP contribution in [-0.2, 0) is 11.2 Å². The van der Waals surface area contributed by atoms with Crippen LogP contribution in [0.2, 0.25) is 0 Å². The summed E-state index contributed by atoms with van der Waals surface area (Å²) in [6.07, 6.45) is 6.21. The summed E-state index contributed by atoms with van der Waals surface area (Å²) in [6, 6.07) is 15.6. The van der Waals surface area contributed by atoms with Gasteiger partial charge in [-0.25, -0.2) is 9.97 Å². The summed E-state index contributed by atoms with van der Waals surface area (Å²) in [5.74, 6) is 0.723. The first-order valence-electron chi connectivity index (χ1n) is 10.6. The Morgan fingerprint density at radius 3 is 2.65 bits per heavy atom. The molecule has 4 heterocycles. The van der Waals surface area contributed by atoms with Crippen LogP contribution in [0, 0.1) is 0 Å². The molecule has 0 radical (unpaired) electrons. The van der Waals surface area contributed by atoms with E-state index < -0.39 is 0 Å². The molecule has 9 heteroatoms. The quantitative estimate of drug-likeness (QED) is 0.332. The zero-order valence-corrected chi connectivity index (χ0v) is 19.8. The van der Waals surface area contributed by atoms with Crippen molar-refractivity contribution in [3.63, 3.8) is 0 Å². The molecule has 0 aliphatic carbocycles. The molecular weight excluding hydrogens is 466 g/mol. The minimum absolute atomic E-state index is 0.0811. The molecule has 0 aliphatic rings. The highest BCUT2D eigenvalue weighted by molar-refractivity contribution is 7.15. The normalized spacial score (nSPS) is 11.3. The van der Waals surface area contributed by atoms with E-state index in [1.807, 2.05) is 86.7 Å². The molecule has 2 aromatic carbocycles. The SMILES string of the molecule is COc1ccc(-c2cn3c(CC(=O)Nc4cccc(-c5cn6ccsc6n5)c4)csc3n2)cc1. The van der Waals surface area contributed by atoms with Gasteiger partial charge in [-0.3, -0.25) is 13.6 Å². The van der Waals surface area contributed by atoms with Crippen molar-refractivity contribution in [2.24, 2.45) is 0 Å². The van der Waals surface area contributed by atoms with Gasteiger partial charge in [-0.2, -0.15) is 0 Å². The highest BCUT2D eigenvalue weighted by Crippen LogP contribution is 2.27. The number of ether oxygens (including phenoxy) is 1. The first kappa shape index (κ1) is 20.6. The van der Waals surface area contributed by atoms with Crippen LogP contribution >= 0.6 is 22.7 Å². The molecule has 0 saturated heterocycles. The maximum atomic E-state index is 12.8. The predicted octanol–water partition coefficient (Wildman–Crippen LogP) is 5.63. The standard InChI is InChI=1S/C25H19N5O2S2/c1-32-20-7-5-16(6-8-20)22-14-30-19(15-34-25(30)28-22)12-23(31)26-18-4-2-3-17(11-18)21-13-29-9-10-33-24(29)27-21/h2-11,13-15H,12H2,1H3,(H,26,31). The van der Waals surface area contributed by atoms with Crippen LogP contribution in [-0.4, -0.2) is 31.8 Å². The Labute approximate surface area is 202 Å². The van der Waals surface area contributed by atoms with E-state index in [-0.39, 0.29) is 12.3 Å². The number of nitrogens with zero attached hydrogens (tertiary/aromatic N) is 4. The van der Waals surface area contributed by atoms with Crippen LogP contribution in [0.25, 0.3) is 32.4 Å². The minimum atomic E-state index is -0.0811. The topological polar surface area (TPSA) is 72.9 Å². The van der Waals surface area contributed by atoms with Crippen LogP contribution < -0.4 is 10.1 Å². The lowest BCUT2D eigenvalue weighted by molar-refractivity contribution is -0.115. The molecule has 0 unspecified atom stereocenters. The van der Waals surface area contributed by atoms with Gasteiger partial charge in [0.05, 0.1) is 24.9 Å². The van der Waals surface area contributed by atoms with Gasteiger partial charge >= 0.3 is 0 Å². The molecule has 0 atom stereocenters. The van der Waals surface area contributed by atoms with Gasteiger partial charge in [0.25, 0.3) is 0 Å². The van der Waals surface area contributed by atoms with Crippen LogP contribution in [0.4, 0.5) is 5.69 Å². The van der Waals surface area contributed by atoms with Crippen molar-refractivity contribution in [3.8, 4) is 28.3 Å². The van der Waals surface area contributed by atoms with Gasteiger partial charge < -0.3 is 10.1 Å². The van der Waals surface area contributed by atoms with Crippen molar-refractivity contribution >= 4 is 44.2 Å². The maximum Gasteiger partial charge on any atom is 0.230 e. The number of fused-ring (bicyclic) bond motifs is 2. The van der Waals surface area contributed by atoms with Crippen molar-refractivity contribution in [1.29, 1.82) is 0 Å². The smallest absolute Gasteiger partial charge is 0.230 e. The van der Waals surface area contributed by atoms with E-state index in [0.29, 0.717) is 0 Å². The summed E-state index contributed by atoms with van der Waals surface area (Å²) >= 11 is 3.12. The summed E-state index contributed by atoms with van der Waals surface area (Å²) in [5, 5.41) is 7.00. The first-order chi connectivity index (χ1) is 16.7. The second-order valence-corrected chi connectivity index (χ2v) is 9.47. The van der Waals surface area contributed by atoms with E-state index in [1.165, 1.54) is 11.3 Å². The first-order valence-corrected chi connectivity index (χ1v) is 12.3. The zero-order valence-electron chi connectivity index (χ0n) is 18.1. The molecule has 0 saturated carbocycles. The summed E-state index contributed by atoms with van der Waals surface area (Å²) < 4.78 is 9.21. The molecule has 1 amide bonds. The molecule has 4 aromatic heterocycles. The van der Waals surface area contributed by atoms with Crippen molar-refractivity contribution in [3.05, 3.63) is 83.6 Å². The highest BCUT2D eigenvalue weighted by atomic mass is 32.1. The van der Waals surface area contributed by atoms with Crippen LogP contribution in [0.1, 0.15) is 5.69 Å². The van der Waals surface area contributed by atoms with Gasteiger partial charge in [-0.05, 0) is 36.4 Å². The van der Waals surface area contributed by atoms with E-state index in [4.69, 9.17) is 9.72 Å². The van der Waals surface area contributed by atoms with Crippen molar-refractivity contribution in [2.45, 2.75) is 6.42 Å². The fourth-order valence-electron chi connectivity index (χ4n) is 3.85. The predicted molar refractivity (Wildman–Crippen MR) is 136 cm³/mol. The number of methoxy groups -OCH3 is 1. The molecule has 0 bridgehead atoms. The minimum Gasteiger partial charge on any atom is -0.497 e. The fraction of sp³-hybridized carbons (Fsp3) is 0.0800. The Morgan fingerprint density at radius 1 is 1.00 bits per heavy atom. The van der Waals surface area contributed by atoms with Crippen molar-refractivity contribution in [1.82, 2.24) is 18.8 Å². The average molecular weight is 486 g/mol. The van der Waals surface area contributed by atoms with Crippen molar-refractivity contribution < 1.29 is 9.53 Å². The number of benzene rings is 2. The second-order valence-electron chi connectivity index (χ2n) is 7.76. The van der Waals surface area contributed by atoms with Crippen LogP contribution in [0.15, 0.2) is 77.9 Å². The maximum absolute atomic E-state index is 12.8. The molecule has 6 rings (SSSR count). The zero-order chi connectivity index (χ0) is 23.1. The molecule has 34 heavy (non-hydrogen) atoms. The Bertz CT molecular complexity index is 1600.